The maximum Gasteiger partial charge on any atom is 0.0835 e. The van der Waals surface area contributed by atoms with Crippen LogP contribution in [0.4, 0.5) is 0 Å². The van der Waals surface area contributed by atoms with Crippen molar-refractivity contribution in [1.82, 2.24) is 14.3 Å². The van der Waals surface area contributed by atoms with E-state index in [4.69, 9.17) is 10.5 Å². The standard InChI is InChI=1S/C16H24N4O/c1-16(2)8-14(17)13-4-5-20(15(13)9-16)12-10-18-19(11-12)6-7-21-3/h4-5,10-11,14H,6-9,17H2,1-3H3. The quantitative estimate of drug-likeness (QED) is 0.939. The molecule has 5 heteroatoms. The summed E-state index contributed by atoms with van der Waals surface area (Å²) in [6.45, 7) is 6.01. The van der Waals surface area contributed by atoms with Gasteiger partial charge in [-0.05, 0) is 29.9 Å². The van der Waals surface area contributed by atoms with Crippen LogP contribution in [0.3, 0.4) is 0 Å². The minimum atomic E-state index is 0.133. The number of methoxy groups -OCH3 is 1. The highest BCUT2D eigenvalue weighted by Crippen LogP contribution is 2.40. The van der Waals surface area contributed by atoms with E-state index in [1.54, 1.807) is 7.11 Å². The van der Waals surface area contributed by atoms with E-state index in [0.29, 0.717) is 6.61 Å². The first kappa shape index (κ1) is 14.4. The lowest BCUT2D eigenvalue weighted by Gasteiger charge is -2.34. The van der Waals surface area contributed by atoms with E-state index in [9.17, 15) is 0 Å². The van der Waals surface area contributed by atoms with Crippen LogP contribution in [0.25, 0.3) is 5.69 Å². The molecule has 0 amide bonds. The van der Waals surface area contributed by atoms with Crippen LogP contribution >= 0.6 is 0 Å². The molecule has 1 aliphatic carbocycles. The molecular formula is C16H24N4O. The number of ether oxygens (including phenoxy) is 1. The predicted octanol–water partition coefficient (Wildman–Crippen LogP) is 2.29. The second-order valence-corrected chi connectivity index (χ2v) is 6.69. The summed E-state index contributed by atoms with van der Waals surface area (Å²) in [5.74, 6) is 0. The Morgan fingerprint density at radius 3 is 3.05 bits per heavy atom. The third kappa shape index (κ3) is 2.76. The van der Waals surface area contributed by atoms with Crippen molar-refractivity contribution in [2.24, 2.45) is 11.1 Å². The normalized spacial score (nSPS) is 20.5. The first-order chi connectivity index (χ1) is 10.00. The van der Waals surface area contributed by atoms with E-state index in [1.165, 1.54) is 11.3 Å². The third-order valence-corrected chi connectivity index (χ3v) is 4.27. The van der Waals surface area contributed by atoms with Crippen LogP contribution in [0.5, 0.6) is 0 Å². The molecule has 0 fully saturated rings. The van der Waals surface area contributed by atoms with Gasteiger partial charge in [0.2, 0.25) is 0 Å². The molecule has 0 aliphatic heterocycles. The fourth-order valence-electron chi connectivity index (χ4n) is 3.26. The van der Waals surface area contributed by atoms with Crippen molar-refractivity contribution in [2.45, 2.75) is 39.3 Å². The molecule has 0 bridgehead atoms. The Labute approximate surface area is 125 Å². The van der Waals surface area contributed by atoms with Crippen LogP contribution in [0.1, 0.15) is 37.6 Å². The summed E-state index contributed by atoms with van der Waals surface area (Å²) in [6.07, 6.45) is 8.17. The molecule has 0 radical (unpaired) electrons. The average molecular weight is 288 g/mol. The number of nitrogens with two attached hydrogens (primary N) is 1. The zero-order valence-electron chi connectivity index (χ0n) is 13.0. The number of hydrogen-bond acceptors (Lipinski definition) is 3. The molecule has 0 aromatic carbocycles. The van der Waals surface area contributed by atoms with Gasteiger partial charge in [-0.1, -0.05) is 13.8 Å². The summed E-state index contributed by atoms with van der Waals surface area (Å²) >= 11 is 0. The largest absolute Gasteiger partial charge is 0.383 e. The van der Waals surface area contributed by atoms with Gasteiger partial charge in [-0.3, -0.25) is 4.68 Å². The summed E-state index contributed by atoms with van der Waals surface area (Å²) in [6, 6.07) is 2.29. The minimum absolute atomic E-state index is 0.133. The molecule has 0 spiro atoms. The van der Waals surface area contributed by atoms with Crippen molar-refractivity contribution in [3.8, 4) is 5.69 Å². The van der Waals surface area contributed by atoms with Gasteiger partial charge in [-0.25, -0.2) is 0 Å². The Balaban J connectivity index is 1.92. The van der Waals surface area contributed by atoms with Crippen molar-refractivity contribution in [3.63, 3.8) is 0 Å². The Morgan fingerprint density at radius 1 is 1.48 bits per heavy atom. The van der Waals surface area contributed by atoms with Gasteiger partial charge < -0.3 is 15.0 Å². The van der Waals surface area contributed by atoms with Gasteiger partial charge in [0.05, 0.1) is 25.0 Å². The fourth-order valence-corrected chi connectivity index (χ4v) is 3.26. The zero-order chi connectivity index (χ0) is 15.0. The van der Waals surface area contributed by atoms with Crippen molar-refractivity contribution in [2.75, 3.05) is 13.7 Å². The van der Waals surface area contributed by atoms with Crippen LogP contribution in [-0.4, -0.2) is 28.1 Å². The first-order valence-corrected chi connectivity index (χ1v) is 7.48. The maximum absolute atomic E-state index is 6.33. The smallest absolute Gasteiger partial charge is 0.0835 e. The van der Waals surface area contributed by atoms with Gasteiger partial charge in [0, 0.05) is 31.2 Å². The van der Waals surface area contributed by atoms with Crippen molar-refractivity contribution < 1.29 is 4.74 Å². The molecule has 5 nitrogen and oxygen atoms in total. The van der Waals surface area contributed by atoms with Crippen molar-refractivity contribution >= 4 is 0 Å². The Kier molecular flexibility index (Phi) is 3.63. The molecule has 114 valence electrons. The number of nitrogens with zero attached hydrogens (tertiary/aromatic N) is 3. The lowest BCUT2D eigenvalue weighted by molar-refractivity contribution is 0.183. The summed E-state index contributed by atoms with van der Waals surface area (Å²) < 4.78 is 9.24. The first-order valence-electron chi connectivity index (χ1n) is 7.48. The topological polar surface area (TPSA) is 58.0 Å². The fraction of sp³-hybridized carbons (Fsp3) is 0.562. The number of hydrogen-bond donors (Lipinski definition) is 1. The molecular weight excluding hydrogens is 264 g/mol. The molecule has 2 aromatic heterocycles. The van der Waals surface area contributed by atoms with Crippen LogP contribution in [0.15, 0.2) is 24.7 Å². The summed E-state index contributed by atoms with van der Waals surface area (Å²) in [4.78, 5) is 0. The summed E-state index contributed by atoms with van der Waals surface area (Å²) in [5.41, 5.74) is 10.3. The van der Waals surface area contributed by atoms with Crippen molar-refractivity contribution in [1.29, 1.82) is 0 Å². The highest BCUT2D eigenvalue weighted by atomic mass is 16.5. The van der Waals surface area contributed by atoms with Gasteiger partial charge in [-0.15, -0.1) is 0 Å². The molecule has 1 atom stereocenters. The zero-order valence-corrected chi connectivity index (χ0v) is 13.0. The predicted molar refractivity (Wildman–Crippen MR) is 82.5 cm³/mol. The van der Waals surface area contributed by atoms with Crippen LogP contribution in [0.2, 0.25) is 0 Å². The Bertz CT molecular complexity index is 626. The van der Waals surface area contributed by atoms with E-state index < -0.39 is 0 Å². The minimum Gasteiger partial charge on any atom is -0.383 e. The monoisotopic (exact) mass is 288 g/mol. The molecule has 1 aliphatic rings. The van der Waals surface area contributed by atoms with Gasteiger partial charge in [0.25, 0.3) is 0 Å². The highest BCUT2D eigenvalue weighted by Gasteiger charge is 2.32. The van der Waals surface area contributed by atoms with Crippen LogP contribution in [-0.2, 0) is 17.7 Å². The van der Waals surface area contributed by atoms with E-state index in [-0.39, 0.29) is 11.5 Å². The molecule has 3 rings (SSSR count). The SMILES string of the molecule is COCCn1cc(-n2ccc3c2CC(C)(C)CC3N)cn1. The van der Waals surface area contributed by atoms with Gasteiger partial charge in [-0.2, -0.15) is 5.10 Å². The molecule has 2 aromatic rings. The second-order valence-electron chi connectivity index (χ2n) is 6.69. The molecule has 21 heavy (non-hydrogen) atoms. The van der Waals surface area contributed by atoms with E-state index >= 15 is 0 Å². The maximum atomic E-state index is 6.33. The van der Waals surface area contributed by atoms with Crippen molar-refractivity contribution in [3.05, 3.63) is 35.9 Å². The molecule has 2 heterocycles. The number of aromatic nitrogens is 3. The van der Waals surface area contributed by atoms with Crippen LogP contribution < -0.4 is 5.73 Å². The molecule has 1 unspecified atom stereocenters. The lowest BCUT2D eigenvalue weighted by Crippen LogP contribution is -2.30. The summed E-state index contributed by atoms with van der Waals surface area (Å²) in [7, 11) is 1.70. The number of rotatable bonds is 4. The van der Waals surface area contributed by atoms with Crippen LogP contribution in [0, 0.1) is 5.41 Å². The molecule has 0 saturated heterocycles. The van der Waals surface area contributed by atoms with Gasteiger partial charge >= 0.3 is 0 Å². The van der Waals surface area contributed by atoms with Gasteiger partial charge in [0.15, 0.2) is 0 Å². The molecule has 0 saturated carbocycles. The Morgan fingerprint density at radius 2 is 2.29 bits per heavy atom. The summed E-state index contributed by atoms with van der Waals surface area (Å²) in [5, 5.41) is 4.40. The average Bonchev–Trinajstić information content (AvgIpc) is 3.01. The van der Waals surface area contributed by atoms with Gasteiger partial charge in [0.1, 0.15) is 0 Å². The van der Waals surface area contributed by atoms with E-state index in [2.05, 4.69) is 42.0 Å². The lowest BCUT2D eigenvalue weighted by atomic mass is 9.74. The number of fused-ring (bicyclic) bond motifs is 1. The van der Waals surface area contributed by atoms with E-state index in [1.807, 2.05) is 10.9 Å². The Hall–Kier alpha value is -1.59. The molecule has 2 N–H and O–H groups in total. The highest BCUT2D eigenvalue weighted by molar-refractivity contribution is 5.38. The second kappa shape index (κ2) is 5.31. The third-order valence-electron chi connectivity index (χ3n) is 4.27. The van der Waals surface area contributed by atoms with E-state index in [0.717, 1.165) is 25.1 Å².